The molecule has 0 aliphatic rings. The maximum atomic E-state index is 9.62. The van der Waals surface area contributed by atoms with Crippen LogP contribution in [-0.2, 0) is 0 Å². The van der Waals surface area contributed by atoms with Gasteiger partial charge in [-0.15, -0.1) is 0 Å². The van der Waals surface area contributed by atoms with Crippen LogP contribution in [0.4, 0.5) is 5.69 Å². The molecule has 0 amide bonds. The smallest absolute Gasteiger partial charge is 0.218 e. The third-order valence-electron chi connectivity index (χ3n) is 2.76. The van der Waals surface area contributed by atoms with Gasteiger partial charge in [0.2, 0.25) is 5.88 Å². The molecular formula is C12H9N3O. The summed E-state index contributed by atoms with van der Waals surface area (Å²) < 4.78 is 0. The molecule has 0 saturated carbocycles. The highest BCUT2D eigenvalue weighted by atomic mass is 16.3. The summed E-state index contributed by atoms with van der Waals surface area (Å²) in [5, 5.41) is 15.8. The molecule has 0 unspecified atom stereocenters. The SMILES string of the molecule is N=Nc1c(O)[nH]c2c1ccc1ccccc12. The van der Waals surface area contributed by atoms with Gasteiger partial charge in [-0.1, -0.05) is 30.3 Å². The maximum Gasteiger partial charge on any atom is 0.218 e. The Morgan fingerprint density at radius 3 is 2.69 bits per heavy atom. The van der Waals surface area contributed by atoms with Crippen molar-refractivity contribution in [1.29, 1.82) is 5.53 Å². The van der Waals surface area contributed by atoms with Gasteiger partial charge >= 0.3 is 0 Å². The number of aromatic nitrogens is 1. The van der Waals surface area contributed by atoms with Gasteiger partial charge < -0.3 is 10.1 Å². The van der Waals surface area contributed by atoms with Crippen molar-refractivity contribution in [2.75, 3.05) is 0 Å². The van der Waals surface area contributed by atoms with Gasteiger partial charge in [-0.2, -0.15) is 5.11 Å². The van der Waals surface area contributed by atoms with Crippen LogP contribution in [0.2, 0.25) is 0 Å². The minimum Gasteiger partial charge on any atom is -0.493 e. The fourth-order valence-electron chi connectivity index (χ4n) is 2.02. The summed E-state index contributed by atoms with van der Waals surface area (Å²) in [6.07, 6.45) is 0. The zero-order valence-electron chi connectivity index (χ0n) is 8.36. The first kappa shape index (κ1) is 8.91. The summed E-state index contributed by atoms with van der Waals surface area (Å²) in [5.74, 6) is -0.0543. The van der Waals surface area contributed by atoms with Crippen molar-refractivity contribution in [3.05, 3.63) is 36.4 Å². The first-order valence-corrected chi connectivity index (χ1v) is 4.91. The number of aromatic hydroxyl groups is 1. The molecule has 0 saturated heterocycles. The quantitative estimate of drug-likeness (QED) is 0.527. The molecule has 4 nitrogen and oxygen atoms in total. The molecule has 3 rings (SSSR count). The van der Waals surface area contributed by atoms with E-state index in [1.165, 1.54) is 0 Å². The minimum absolute atomic E-state index is 0.0543. The molecule has 0 atom stereocenters. The molecule has 0 spiro atoms. The van der Waals surface area contributed by atoms with Gasteiger partial charge in [0.25, 0.3) is 0 Å². The van der Waals surface area contributed by atoms with Crippen LogP contribution >= 0.6 is 0 Å². The van der Waals surface area contributed by atoms with E-state index in [4.69, 9.17) is 5.53 Å². The molecule has 3 aromatic rings. The number of nitrogens with zero attached hydrogens (tertiary/aromatic N) is 1. The number of fused-ring (bicyclic) bond motifs is 3. The van der Waals surface area contributed by atoms with Crippen LogP contribution in [0, 0.1) is 5.53 Å². The lowest BCUT2D eigenvalue weighted by Crippen LogP contribution is -1.74. The lowest BCUT2D eigenvalue weighted by Gasteiger charge is -1.98. The third kappa shape index (κ3) is 1.04. The van der Waals surface area contributed by atoms with E-state index < -0.39 is 0 Å². The van der Waals surface area contributed by atoms with Crippen LogP contribution in [0.15, 0.2) is 41.5 Å². The fraction of sp³-hybridized carbons (Fsp3) is 0. The molecule has 1 aromatic heterocycles. The highest BCUT2D eigenvalue weighted by Crippen LogP contribution is 2.38. The molecule has 16 heavy (non-hydrogen) atoms. The van der Waals surface area contributed by atoms with Crippen LogP contribution in [0.5, 0.6) is 5.88 Å². The highest BCUT2D eigenvalue weighted by molar-refractivity contribution is 6.10. The van der Waals surface area contributed by atoms with E-state index in [0.717, 1.165) is 21.7 Å². The number of rotatable bonds is 1. The van der Waals surface area contributed by atoms with Crippen molar-refractivity contribution in [2.45, 2.75) is 0 Å². The highest BCUT2D eigenvalue weighted by Gasteiger charge is 2.11. The molecule has 0 fully saturated rings. The number of aromatic amines is 1. The molecule has 1 heterocycles. The van der Waals surface area contributed by atoms with E-state index in [2.05, 4.69) is 10.1 Å². The van der Waals surface area contributed by atoms with Crippen LogP contribution in [0.3, 0.4) is 0 Å². The second-order valence-corrected chi connectivity index (χ2v) is 3.64. The van der Waals surface area contributed by atoms with Crippen molar-refractivity contribution < 1.29 is 5.11 Å². The predicted molar refractivity (Wildman–Crippen MR) is 62.3 cm³/mol. The second kappa shape index (κ2) is 3.06. The Balaban J connectivity index is 2.57. The van der Waals surface area contributed by atoms with Gasteiger partial charge in [-0.25, -0.2) is 5.53 Å². The number of hydrogen-bond donors (Lipinski definition) is 3. The van der Waals surface area contributed by atoms with E-state index in [9.17, 15) is 5.11 Å². The summed E-state index contributed by atoms with van der Waals surface area (Å²) in [7, 11) is 0. The van der Waals surface area contributed by atoms with Crippen molar-refractivity contribution in [3.63, 3.8) is 0 Å². The molecular weight excluding hydrogens is 202 g/mol. The first-order valence-electron chi connectivity index (χ1n) is 4.91. The standard InChI is InChI=1S/C12H9N3O/c13-15-11-9-6-5-7-3-1-2-4-8(7)10(9)14-12(11)16/h1-6,13-14,16H. The molecule has 2 aromatic carbocycles. The monoisotopic (exact) mass is 211 g/mol. The number of H-pyrrole nitrogens is 1. The zero-order valence-corrected chi connectivity index (χ0v) is 8.36. The Kier molecular flexibility index (Phi) is 1.71. The molecule has 0 aliphatic heterocycles. The number of hydrogen-bond acceptors (Lipinski definition) is 3. The second-order valence-electron chi connectivity index (χ2n) is 3.64. The Labute approximate surface area is 91.0 Å². The normalized spacial score (nSPS) is 11.0. The molecule has 78 valence electrons. The molecule has 0 radical (unpaired) electrons. The van der Waals surface area contributed by atoms with Crippen LogP contribution in [0.1, 0.15) is 0 Å². The van der Waals surface area contributed by atoms with Gasteiger partial charge in [-0.3, -0.25) is 0 Å². The topological polar surface area (TPSA) is 72.2 Å². The van der Waals surface area contributed by atoms with E-state index in [1.54, 1.807) is 0 Å². The van der Waals surface area contributed by atoms with Gasteiger partial charge in [0, 0.05) is 10.8 Å². The molecule has 3 N–H and O–H groups in total. The van der Waals surface area contributed by atoms with Gasteiger partial charge in [0.1, 0.15) is 0 Å². The van der Waals surface area contributed by atoms with E-state index in [0.29, 0.717) is 5.69 Å². The summed E-state index contributed by atoms with van der Waals surface area (Å²) in [5.41, 5.74) is 8.15. The lowest BCUT2D eigenvalue weighted by atomic mass is 10.1. The van der Waals surface area contributed by atoms with E-state index in [1.807, 2.05) is 36.4 Å². The summed E-state index contributed by atoms with van der Waals surface area (Å²) in [6, 6.07) is 11.7. The molecule has 0 aliphatic carbocycles. The van der Waals surface area contributed by atoms with Gasteiger partial charge in [-0.05, 0) is 11.5 Å². The first-order chi connectivity index (χ1) is 7.81. The fourth-order valence-corrected chi connectivity index (χ4v) is 2.02. The maximum absolute atomic E-state index is 9.62. The van der Waals surface area contributed by atoms with Crippen molar-refractivity contribution >= 4 is 27.4 Å². The molecule has 0 bridgehead atoms. The van der Waals surface area contributed by atoms with E-state index in [-0.39, 0.29) is 5.88 Å². The molecule has 4 heteroatoms. The summed E-state index contributed by atoms with van der Waals surface area (Å²) in [6.45, 7) is 0. The number of nitrogens with one attached hydrogen (secondary N) is 2. The minimum atomic E-state index is -0.0543. The third-order valence-corrected chi connectivity index (χ3v) is 2.76. The Morgan fingerprint density at radius 1 is 1.06 bits per heavy atom. The Morgan fingerprint density at radius 2 is 1.88 bits per heavy atom. The average molecular weight is 211 g/mol. The van der Waals surface area contributed by atoms with Crippen molar-refractivity contribution in [3.8, 4) is 5.88 Å². The van der Waals surface area contributed by atoms with Gasteiger partial charge in [0.15, 0.2) is 5.69 Å². The Bertz CT molecular complexity index is 700. The van der Waals surface area contributed by atoms with E-state index >= 15 is 0 Å². The van der Waals surface area contributed by atoms with Gasteiger partial charge in [0.05, 0.1) is 5.52 Å². The van der Waals surface area contributed by atoms with Crippen LogP contribution < -0.4 is 0 Å². The Hall–Kier alpha value is -2.36. The summed E-state index contributed by atoms with van der Waals surface area (Å²) >= 11 is 0. The lowest BCUT2D eigenvalue weighted by molar-refractivity contribution is 0.459. The van der Waals surface area contributed by atoms with Crippen molar-refractivity contribution in [1.82, 2.24) is 4.98 Å². The predicted octanol–water partition coefficient (Wildman–Crippen LogP) is 3.69. The van der Waals surface area contributed by atoms with Crippen LogP contribution in [-0.4, -0.2) is 10.1 Å². The largest absolute Gasteiger partial charge is 0.493 e. The summed E-state index contributed by atoms with van der Waals surface area (Å²) in [4.78, 5) is 2.86. The average Bonchev–Trinajstić information content (AvgIpc) is 2.65. The zero-order chi connectivity index (χ0) is 11.1. The van der Waals surface area contributed by atoms with Crippen molar-refractivity contribution in [2.24, 2.45) is 5.11 Å². The number of benzene rings is 2. The van der Waals surface area contributed by atoms with Crippen LogP contribution in [0.25, 0.3) is 21.7 Å².